The Labute approximate surface area is 215 Å². The van der Waals surface area contributed by atoms with Crippen LogP contribution in [0.25, 0.3) is 11.0 Å². The molecule has 2 aromatic carbocycles. The van der Waals surface area contributed by atoms with Gasteiger partial charge in [0.2, 0.25) is 5.95 Å². The Morgan fingerprint density at radius 1 is 1.03 bits per heavy atom. The van der Waals surface area contributed by atoms with Crippen LogP contribution in [0.1, 0.15) is 11.1 Å². The van der Waals surface area contributed by atoms with Crippen LogP contribution in [0.5, 0.6) is 0 Å². The van der Waals surface area contributed by atoms with Crippen LogP contribution >= 0.6 is 0 Å². The van der Waals surface area contributed by atoms with Crippen molar-refractivity contribution in [2.75, 3.05) is 48.8 Å². The number of carbonyl (C=O) groups excluding carboxylic acids is 1. The Kier molecular flexibility index (Phi) is 7.10. The normalized spacial score (nSPS) is 13.7. The Hall–Kier alpha value is -4.68. The molecule has 0 radical (unpaired) electrons. The van der Waals surface area contributed by atoms with E-state index in [0.29, 0.717) is 34.9 Å². The average molecular weight is 493 g/mol. The van der Waals surface area contributed by atoms with E-state index >= 15 is 0 Å². The van der Waals surface area contributed by atoms with Crippen LogP contribution in [0.4, 0.5) is 27.9 Å². The van der Waals surface area contributed by atoms with Crippen molar-refractivity contribution in [2.24, 2.45) is 0 Å². The topological polar surface area (TPSA) is 98.3 Å². The number of amides is 2. The summed E-state index contributed by atoms with van der Waals surface area (Å²) in [5.41, 5.74) is 3.99. The molecule has 2 aromatic heterocycles. The number of pyridine rings is 1. The lowest BCUT2D eigenvalue weighted by Gasteiger charge is -2.34. The van der Waals surface area contributed by atoms with Crippen LogP contribution in [0.3, 0.4) is 0 Å². The molecule has 37 heavy (non-hydrogen) atoms. The predicted molar refractivity (Wildman–Crippen MR) is 147 cm³/mol. The molecule has 1 aliphatic heterocycles. The van der Waals surface area contributed by atoms with E-state index in [1.54, 1.807) is 12.3 Å². The van der Waals surface area contributed by atoms with E-state index in [4.69, 9.17) is 6.42 Å². The van der Waals surface area contributed by atoms with Crippen LogP contribution in [0, 0.1) is 12.3 Å². The third kappa shape index (κ3) is 5.94. The number of benzene rings is 2. The lowest BCUT2D eigenvalue weighted by Crippen LogP contribution is -2.44. The number of piperazine rings is 1. The molecular formula is C28H28N8O. The second-order valence-electron chi connectivity index (χ2n) is 8.89. The maximum Gasteiger partial charge on any atom is 0.320 e. The summed E-state index contributed by atoms with van der Waals surface area (Å²) in [6, 6.07) is 19.1. The monoisotopic (exact) mass is 492 g/mol. The van der Waals surface area contributed by atoms with Gasteiger partial charge < -0.3 is 20.4 Å². The van der Waals surface area contributed by atoms with Gasteiger partial charge in [-0.15, -0.1) is 6.42 Å². The summed E-state index contributed by atoms with van der Waals surface area (Å²) in [5, 5.41) is 9.42. The molecule has 0 bridgehead atoms. The van der Waals surface area contributed by atoms with Crippen LogP contribution in [-0.2, 0) is 6.54 Å². The van der Waals surface area contributed by atoms with Crippen LogP contribution in [0.15, 0.2) is 66.9 Å². The molecule has 1 aliphatic rings. The molecule has 1 saturated heterocycles. The van der Waals surface area contributed by atoms with Gasteiger partial charge in [-0.05, 0) is 42.9 Å². The fourth-order valence-corrected chi connectivity index (χ4v) is 4.14. The van der Waals surface area contributed by atoms with Gasteiger partial charge in [0.15, 0.2) is 5.65 Å². The van der Waals surface area contributed by atoms with E-state index in [9.17, 15) is 4.79 Å². The predicted octanol–water partition coefficient (Wildman–Crippen LogP) is 3.82. The lowest BCUT2D eigenvalue weighted by molar-refractivity contribution is 0.251. The Balaban J connectivity index is 1.28. The number of terminal acetylenes is 1. The third-order valence-corrected chi connectivity index (χ3v) is 6.25. The number of hydrogen-bond acceptors (Lipinski definition) is 7. The zero-order valence-electron chi connectivity index (χ0n) is 20.6. The summed E-state index contributed by atoms with van der Waals surface area (Å²) in [6.45, 7) is 4.54. The Morgan fingerprint density at radius 2 is 1.78 bits per heavy atom. The third-order valence-electron chi connectivity index (χ3n) is 6.25. The van der Waals surface area contributed by atoms with Crippen LogP contribution < -0.4 is 20.9 Å². The van der Waals surface area contributed by atoms with Crippen molar-refractivity contribution in [2.45, 2.75) is 6.54 Å². The largest absolute Gasteiger partial charge is 0.369 e. The molecule has 3 N–H and O–H groups in total. The molecule has 9 nitrogen and oxygen atoms in total. The minimum absolute atomic E-state index is 0.312. The molecule has 0 aliphatic carbocycles. The molecule has 2 amide bonds. The summed E-state index contributed by atoms with van der Waals surface area (Å²) in [7, 11) is 2.15. The standard InChI is InChI=1S/C28H28N8O/c1-3-21-17-25(33-28(37)30-18-20-7-5-4-6-8-20)32-26-24(21)19-29-27(34-26)31-22-9-11-23(12-10-22)36-15-13-35(2)14-16-36/h1,4-12,17,19H,13-16,18H2,2H3,(H3,29,30,31,32,33,34,37). The highest BCUT2D eigenvalue weighted by atomic mass is 16.2. The molecule has 186 valence electrons. The highest BCUT2D eigenvalue weighted by molar-refractivity contribution is 5.91. The number of urea groups is 1. The summed E-state index contributed by atoms with van der Waals surface area (Å²) < 4.78 is 0. The van der Waals surface area contributed by atoms with E-state index < -0.39 is 0 Å². The van der Waals surface area contributed by atoms with Gasteiger partial charge in [-0.3, -0.25) is 5.32 Å². The van der Waals surface area contributed by atoms with E-state index in [-0.39, 0.29) is 6.03 Å². The van der Waals surface area contributed by atoms with Gasteiger partial charge in [0.25, 0.3) is 0 Å². The number of likely N-dealkylation sites (N-methyl/N-ethyl adjacent to an activating group) is 1. The van der Waals surface area contributed by atoms with Crippen molar-refractivity contribution >= 4 is 40.2 Å². The zero-order valence-corrected chi connectivity index (χ0v) is 20.6. The first-order valence-corrected chi connectivity index (χ1v) is 12.1. The first kappa shape index (κ1) is 24.0. The number of nitrogens with zero attached hydrogens (tertiary/aromatic N) is 5. The molecule has 9 heteroatoms. The number of hydrogen-bond donors (Lipinski definition) is 3. The highest BCUT2D eigenvalue weighted by Gasteiger charge is 2.14. The van der Waals surface area contributed by atoms with E-state index in [2.05, 4.69) is 65.8 Å². The average Bonchev–Trinajstić information content (AvgIpc) is 2.93. The molecule has 0 spiro atoms. The van der Waals surface area contributed by atoms with Gasteiger partial charge in [-0.1, -0.05) is 36.3 Å². The number of fused-ring (bicyclic) bond motifs is 1. The molecule has 4 aromatic rings. The van der Waals surface area contributed by atoms with Crippen LogP contribution in [-0.4, -0.2) is 59.1 Å². The summed E-state index contributed by atoms with van der Waals surface area (Å²) in [4.78, 5) is 30.6. The number of carbonyl (C=O) groups is 1. The fraction of sp³-hybridized carbons (Fsp3) is 0.214. The van der Waals surface area contributed by atoms with Crippen molar-refractivity contribution < 1.29 is 4.79 Å². The molecule has 1 fully saturated rings. The molecule has 3 heterocycles. The quantitative estimate of drug-likeness (QED) is 0.352. The van der Waals surface area contributed by atoms with Gasteiger partial charge in [0, 0.05) is 55.9 Å². The first-order valence-electron chi connectivity index (χ1n) is 12.1. The van der Waals surface area contributed by atoms with Crippen molar-refractivity contribution in [1.82, 2.24) is 25.2 Å². The van der Waals surface area contributed by atoms with Crippen molar-refractivity contribution in [3.63, 3.8) is 0 Å². The molecular weight excluding hydrogens is 464 g/mol. The first-order chi connectivity index (χ1) is 18.1. The number of aromatic nitrogens is 3. The minimum atomic E-state index is -0.383. The zero-order chi connectivity index (χ0) is 25.6. The maximum atomic E-state index is 12.4. The lowest BCUT2D eigenvalue weighted by atomic mass is 10.2. The van der Waals surface area contributed by atoms with Gasteiger partial charge in [-0.2, -0.15) is 4.98 Å². The van der Waals surface area contributed by atoms with Crippen molar-refractivity contribution in [1.29, 1.82) is 0 Å². The van der Waals surface area contributed by atoms with Gasteiger partial charge in [0.05, 0.1) is 5.39 Å². The number of nitrogens with one attached hydrogen (secondary N) is 3. The number of rotatable bonds is 6. The molecule has 5 rings (SSSR count). The number of anilines is 4. The fourth-order valence-electron chi connectivity index (χ4n) is 4.14. The second kappa shape index (κ2) is 10.9. The highest BCUT2D eigenvalue weighted by Crippen LogP contribution is 2.23. The van der Waals surface area contributed by atoms with Gasteiger partial charge >= 0.3 is 6.03 Å². The molecule has 0 saturated carbocycles. The smallest absolute Gasteiger partial charge is 0.320 e. The minimum Gasteiger partial charge on any atom is -0.369 e. The van der Waals surface area contributed by atoms with Gasteiger partial charge in [-0.25, -0.2) is 14.8 Å². The van der Waals surface area contributed by atoms with Crippen molar-refractivity contribution in [3.05, 3.63) is 78.0 Å². The SMILES string of the molecule is C#Cc1cc(NC(=O)NCc2ccccc2)nc2nc(Nc3ccc(N4CCN(C)CC4)cc3)ncc12. The Bertz CT molecular complexity index is 1420. The van der Waals surface area contributed by atoms with Gasteiger partial charge in [0.1, 0.15) is 5.82 Å². The summed E-state index contributed by atoms with van der Waals surface area (Å²) in [5.74, 6) is 3.33. The summed E-state index contributed by atoms with van der Waals surface area (Å²) in [6.07, 6.45) is 7.35. The second-order valence-corrected chi connectivity index (χ2v) is 8.89. The van der Waals surface area contributed by atoms with Crippen molar-refractivity contribution in [3.8, 4) is 12.3 Å². The van der Waals surface area contributed by atoms with E-state index in [1.165, 1.54) is 5.69 Å². The van der Waals surface area contributed by atoms with E-state index in [0.717, 1.165) is 37.4 Å². The molecule has 0 atom stereocenters. The van der Waals surface area contributed by atoms with E-state index in [1.807, 2.05) is 42.5 Å². The van der Waals surface area contributed by atoms with Crippen LogP contribution in [0.2, 0.25) is 0 Å². The maximum absolute atomic E-state index is 12.4. The molecule has 0 unspecified atom stereocenters. The summed E-state index contributed by atoms with van der Waals surface area (Å²) >= 11 is 0. The Morgan fingerprint density at radius 3 is 2.51 bits per heavy atom.